The van der Waals surface area contributed by atoms with E-state index >= 15 is 0 Å². The van der Waals surface area contributed by atoms with Crippen molar-refractivity contribution in [3.05, 3.63) is 29.8 Å². The topological polar surface area (TPSA) is 37.1 Å². The van der Waals surface area contributed by atoms with E-state index in [0.29, 0.717) is 28.8 Å². The van der Waals surface area contributed by atoms with Gasteiger partial charge in [0.1, 0.15) is 0 Å². The first kappa shape index (κ1) is 11.0. The van der Waals surface area contributed by atoms with Crippen LogP contribution in [0.1, 0.15) is 24.8 Å². The highest BCUT2D eigenvalue weighted by molar-refractivity contribution is 7.89. The second-order valence-electron chi connectivity index (χ2n) is 5.96. The van der Waals surface area contributed by atoms with Gasteiger partial charge in [-0.1, -0.05) is 17.7 Å². The zero-order valence-corrected chi connectivity index (χ0v) is 11.2. The van der Waals surface area contributed by atoms with Crippen molar-refractivity contribution in [2.45, 2.75) is 43.2 Å². The van der Waals surface area contributed by atoms with Crippen LogP contribution in [0.4, 0.5) is 0 Å². The number of benzene rings is 1. The van der Waals surface area contributed by atoms with Gasteiger partial charge in [0.15, 0.2) is 0 Å². The summed E-state index contributed by atoms with van der Waals surface area (Å²) in [5.74, 6) is 1.28. The lowest BCUT2D eigenvalue weighted by Crippen LogP contribution is -2.21. The number of hydrogen-bond donors (Lipinski definition) is 0. The number of sulfonamides is 1. The molecule has 1 saturated heterocycles. The van der Waals surface area contributed by atoms with Crippen LogP contribution in [0.15, 0.2) is 29.2 Å². The molecule has 18 heavy (non-hydrogen) atoms. The highest BCUT2D eigenvalue weighted by atomic mass is 32.2. The van der Waals surface area contributed by atoms with Crippen molar-refractivity contribution in [1.82, 2.24) is 4.31 Å². The monoisotopic (exact) mass is 263 g/mol. The molecule has 2 bridgehead atoms. The molecule has 0 unspecified atom stereocenters. The maximum absolute atomic E-state index is 12.6. The van der Waals surface area contributed by atoms with Crippen LogP contribution < -0.4 is 0 Å². The lowest BCUT2D eigenvalue weighted by atomic mass is 10.0. The molecule has 96 valence electrons. The van der Waals surface area contributed by atoms with Crippen LogP contribution in [0.2, 0.25) is 0 Å². The van der Waals surface area contributed by atoms with Crippen LogP contribution in [0.25, 0.3) is 0 Å². The second kappa shape index (κ2) is 3.36. The van der Waals surface area contributed by atoms with E-state index in [-0.39, 0.29) is 0 Å². The Kier molecular flexibility index (Phi) is 2.06. The first-order chi connectivity index (χ1) is 8.59. The molecule has 0 aromatic heterocycles. The molecule has 0 N–H and O–H groups in total. The Morgan fingerprint density at radius 2 is 1.61 bits per heavy atom. The molecule has 4 heteroatoms. The summed E-state index contributed by atoms with van der Waals surface area (Å²) in [6.07, 6.45) is 3.72. The van der Waals surface area contributed by atoms with Gasteiger partial charge in [-0.25, -0.2) is 8.42 Å². The molecular formula is C14H17NO2S. The smallest absolute Gasteiger partial charge is 0.207 e. The third kappa shape index (κ3) is 1.30. The minimum Gasteiger partial charge on any atom is -0.207 e. The molecule has 2 aliphatic carbocycles. The molecule has 0 amide bonds. The number of nitrogens with zero attached hydrogens (tertiary/aromatic N) is 1. The van der Waals surface area contributed by atoms with Crippen molar-refractivity contribution in [2.75, 3.05) is 0 Å². The second-order valence-corrected chi connectivity index (χ2v) is 7.81. The van der Waals surface area contributed by atoms with E-state index in [9.17, 15) is 8.42 Å². The summed E-state index contributed by atoms with van der Waals surface area (Å²) in [6, 6.07) is 7.88. The van der Waals surface area contributed by atoms with Gasteiger partial charge in [0, 0.05) is 12.1 Å². The molecule has 3 aliphatic rings. The van der Waals surface area contributed by atoms with Crippen LogP contribution in [0, 0.1) is 18.8 Å². The summed E-state index contributed by atoms with van der Waals surface area (Å²) in [6.45, 7) is 1.97. The first-order valence-corrected chi connectivity index (χ1v) is 8.13. The standard InChI is InChI=1S/C14H17NO2S/c1-9-2-6-12(7-3-9)18(16,17)15-13-10-4-5-11(8-10)14(13)15/h2-3,6-7,10-11,13-14H,4-5,8H2,1H3/t10-,11-,13-,14-/m1/s1. The molecule has 3 nitrogen and oxygen atoms in total. The first-order valence-electron chi connectivity index (χ1n) is 6.69. The number of rotatable bonds is 2. The van der Waals surface area contributed by atoms with E-state index in [1.807, 2.05) is 19.1 Å². The minimum atomic E-state index is -3.23. The lowest BCUT2D eigenvalue weighted by Gasteiger charge is -2.12. The Morgan fingerprint density at radius 1 is 1.06 bits per heavy atom. The Balaban J connectivity index is 1.68. The molecule has 4 atom stereocenters. The summed E-state index contributed by atoms with van der Waals surface area (Å²) in [4.78, 5) is 0.460. The van der Waals surface area contributed by atoms with Gasteiger partial charge in [-0.15, -0.1) is 0 Å². The molecule has 1 aromatic rings. The van der Waals surface area contributed by atoms with Gasteiger partial charge in [0.05, 0.1) is 4.90 Å². The Morgan fingerprint density at radius 3 is 2.17 bits per heavy atom. The van der Waals surface area contributed by atoms with Gasteiger partial charge in [0.2, 0.25) is 10.0 Å². The molecule has 1 aliphatic heterocycles. The summed E-state index contributed by atoms with van der Waals surface area (Å²) in [5.41, 5.74) is 1.10. The molecule has 3 fully saturated rings. The predicted molar refractivity (Wildman–Crippen MR) is 68.6 cm³/mol. The average molecular weight is 263 g/mol. The Bertz CT molecular complexity index is 577. The van der Waals surface area contributed by atoms with E-state index in [0.717, 1.165) is 5.56 Å². The van der Waals surface area contributed by atoms with Crippen LogP contribution in [-0.4, -0.2) is 24.8 Å². The van der Waals surface area contributed by atoms with Crippen molar-refractivity contribution >= 4 is 10.0 Å². The van der Waals surface area contributed by atoms with Crippen LogP contribution in [0.3, 0.4) is 0 Å². The summed E-state index contributed by atoms with van der Waals surface area (Å²) in [5, 5.41) is 0. The summed E-state index contributed by atoms with van der Waals surface area (Å²) >= 11 is 0. The zero-order chi connectivity index (χ0) is 12.5. The van der Waals surface area contributed by atoms with Crippen molar-refractivity contribution in [2.24, 2.45) is 11.8 Å². The third-order valence-electron chi connectivity index (χ3n) is 4.92. The minimum absolute atomic E-state index is 0.329. The predicted octanol–water partition coefficient (Wildman–Crippen LogP) is 2.17. The fourth-order valence-electron chi connectivity index (χ4n) is 4.05. The van der Waals surface area contributed by atoms with Crippen LogP contribution >= 0.6 is 0 Å². The average Bonchev–Trinajstić information content (AvgIpc) is 2.83. The van der Waals surface area contributed by atoms with E-state index in [2.05, 4.69) is 0 Å². The highest BCUT2D eigenvalue weighted by Crippen LogP contribution is 2.60. The fourth-order valence-corrected chi connectivity index (χ4v) is 5.95. The molecular weight excluding hydrogens is 246 g/mol. The van der Waals surface area contributed by atoms with Gasteiger partial charge in [0.25, 0.3) is 0 Å². The normalized spacial score (nSPS) is 40.8. The van der Waals surface area contributed by atoms with Crippen LogP contribution in [-0.2, 0) is 10.0 Å². The summed E-state index contributed by atoms with van der Waals surface area (Å²) < 4.78 is 26.9. The van der Waals surface area contributed by atoms with Gasteiger partial charge in [-0.2, -0.15) is 4.31 Å². The number of piperidine rings is 1. The molecule has 4 rings (SSSR count). The lowest BCUT2D eigenvalue weighted by molar-refractivity contribution is 0.447. The van der Waals surface area contributed by atoms with Gasteiger partial charge < -0.3 is 0 Å². The maximum Gasteiger partial charge on any atom is 0.243 e. The molecule has 1 heterocycles. The van der Waals surface area contributed by atoms with Crippen molar-refractivity contribution in [3.8, 4) is 0 Å². The Hall–Kier alpha value is -0.870. The van der Waals surface area contributed by atoms with Gasteiger partial charge in [-0.05, 0) is 50.2 Å². The van der Waals surface area contributed by atoms with Crippen LogP contribution in [0.5, 0.6) is 0 Å². The number of aryl methyl sites for hydroxylation is 1. The van der Waals surface area contributed by atoms with Crippen molar-refractivity contribution < 1.29 is 8.42 Å². The van der Waals surface area contributed by atoms with Crippen molar-refractivity contribution in [1.29, 1.82) is 0 Å². The molecule has 1 aromatic carbocycles. The quantitative estimate of drug-likeness (QED) is 0.767. The van der Waals surface area contributed by atoms with E-state index in [4.69, 9.17) is 0 Å². The number of fused-ring (bicyclic) bond motifs is 5. The number of hydrogen-bond acceptors (Lipinski definition) is 2. The molecule has 0 radical (unpaired) electrons. The third-order valence-corrected chi connectivity index (χ3v) is 6.83. The fraction of sp³-hybridized carbons (Fsp3) is 0.571. The van der Waals surface area contributed by atoms with E-state index in [1.54, 1.807) is 16.4 Å². The summed E-state index contributed by atoms with van der Waals surface area (Å²) in [7, 11) is -3.23. The molecule has 0 spiro atoms. The maximum atomic E-state index is 12.6. The van der Waals surface area contributed by atoms with E-state index in [1.165, 1.54) is 19.3 Å². The largest absolute Gasteiger partial charge is 0.243 e. The SMILES string of the molecule is Cc1ccc(S(=O)(=O)N2[C@@H]3[C@@H]4CC[C@H](C4)[C@H]32)cc1. The highest BCUT2D eigenvalue weighted by Gasteiger charge is 2.68. The van der Waals surface area contributed by atoms with Gasteiger partial charge in [-0.3, -0.25) is 0 Å². The zero-order valence-electron chi connectivity index (χ0n) is 10.4. The molecule has 2 saturated carbocycles. The van der Waals surface area contributed by atoms with Crippen molar-refractivity contribution in [3.63, 3.8) is 0 Å². The Labute approximate surface area is 108 Å². The van der Waals surface area contributed by atoms with Gasteiger partial charge >= 0.3 is 0 Å². The van der Waals surface area contributed by atoms with E-state index < -0.39 is 10.0 Å².